The Balaban J connectivity index is 3.32. The van der Waals surface area contributed by atoms with E-state index >= 15 is 0 Å². The maximum absolute atomic E-state index is 5.43. The molecule has 92 valence electrons. The van der Waals surface area contributed by atoms with E-state index in [0.717, 1.165) is 26.1 Å². The quantitative estimate of drug-likeness (QED) is 0.568. The van der Waals surface area contributed by atoms with Gasteiger partial charge >= 0.3 is 0 Å². The summed E-state index contributed by atoms with van der Waals surface area (Å²) in [7, 11) is 1.70. The van der Waals surface area contributed by atoms with Crippen molar-refractivity contribution in [3.63, 3.8) is 0 Å². The Morgan fingerprint density at radius 2 is 1.87 bits per heavy atom. The first kappa shape index (κ1) is 14.9. The SMILES string of the molecule is CCNCC(C)(C)CCCOCCOC. The van der Waals surface area contributed by atoms with Crippen LogP contribution in [0.3, 0.4) is 0 Å². The fourth-order valence-corrected chi connectivity index (χ4v) is 1.45. The molecule has 1 N–H and O–H groups in total. The summed E-state index contributed by atoms with van der Waals surface area (Å²) >= 11 is 0. The zero-order valence-electron chi connectivity index (χ0n) is 10.8. The average Bonchev–Trinajstić information content (AvgIpc) is 2.20. The Hall–Kier alpha value is -0.120. The van der Waals surface area contributed by atoms with Crippen LogP contribution in [0.2, 0.25) is 0 Å². The van der Waals surface area contributed by atoms with Gasteiger partial charge in [0.05, 0.1) is 13.2 Å². The van der Waals surface area contributed by atoms with Crippen molar-refractivity contribution in [3.05, 3.63) is 0 Å². The second-order valence-electron chi connectivity index (χ2n) is 4.65. The third kappa shape index (κ3) is 10.2. The summed E-state index contributed by atoms with van der Waals surface area (Å²) < 4.78 is 10.3. The molecule has 0 atom stereocenters. The molecule has 0 saturated heterocycles. The zero-order chi connectivity index (χ0) is 11.6. The Morgan fingerprint density at radius 1 is 1.13 bits per heavy atom. The van der Waals surface area contributed by atoms with Gasteiger partial charge in [0.15, 0.2) is 0 Å². The van der Waals surface area contributed by atoms with Gasteiger partial charge in [-0.05, 0) is 24.8 Å². The minimum Gasteiger partial charge on any atom is -0.382 e. The summed E-state index contributed by atoms with van der Waals surface area (Å²) in [4.78, 5) is 0. The first-order valence-corrected chi connectivity index (χ1v) is 5.90. The van der Waals surface area contributed by atoms with Gasteiger partial charge in [-0.15, -0.1) is 0 Å². The van der Waals surface area contributed by atoms with E-state index in [-0.39, 0.29) is 0 Å². The largest absolute Gasteiger partial charge is 0.382 e. The summed E-state index contributed by atoms with van der Waals surface area (Å²) in [6.07, 6.45) is 2.33. The van der Waals surface area contributed by atoms with E-state index in [4.69, 9.17) is 9.47 Å². The molecule has 0 heterocycles. The molecule has 0 aliphatic heterocycles. The van der Waals surface area contributed by atoms with Crippen LogP contribution in [-0.4, -0.2) is 40.0 Å². The predicted molar refractivity (Wildman–Crippen MR) is 64.3 cm³/mol. The van der Waals surface area contributed by atoms with Crippen molar-refractivity contribution < 1.29 is 9.47 Å². The molecule has 0 unspecified atom stereocenters. The second kappa shape index (κ2) is 9.13. The molecule has 3 heteroatoms. The molecule has 0 radical (unpaired) electrons. The Kier molecular flexibility index (Phi) is 9.06. The highest BCUT2D eigenvalue weighted by atomic mass is 16.5. The topological polar surface area (TPSA) is 30.5 Å². The van der Waals surface area contributed by atoms with Gasteiger partial charge < -0.3 is 14.8 Å². The van der Waals surface area contributed by atoms with Crippen molar-refractivity contribution in [2.75, 3.05) is 40.0 Å². The van der Waals surface area contributed by atoms with Crippen LogP contribution in [-0.2, 0) is 9.47 Å². The van der Waals surface area contributed by atoms with Crippen LogP contribution in [0.4, 0.5) is 0 Å². The molecule has 0 spiro atoms. The van der Waals surface area contributed by atoms with E-state index in [0.29, 0.717) is 18.6 Å². The molecule has 0 saturated carbocycles. The summed E-state index contributed by atoms with van der Waals surface area (Å²) in [5.74, 6) is 0. The molecule has 0 aromatic heterocycles. The summed E-state index contributed by atoms with van der Waals surface area (Å²) in [5, 5.41) is 3.39. The number of ether oxygens (including phenoxy) is 2. The van der Waals surface area contributed by atoms with Crippen molar-refractivity contribution >= 4 is 0 Å². The molecular formula is C12H27NO2. The molecule has 0 aliphatic carbocycles. The third-order valence-electron chi connectivity index (χ3n) is 2.43. The van der Waals surface area contributed by atoms with Crippen LogP contribution >= 0.6 is 0 Å². The van der Waals surface area contributed by atoms with Crippen molar-refractivity contribution in [1.29, 1.82) is 0 Å². The lowest BCUT2D eigenvalue weighted by Crippen LogP contribution is -2.29. The van der Waals surface area contributed by atoms with Gasteiger partial charge in [0.1, 0.15) is 0 Å². The normalized spacial score (nSPS) is 12.0. The van der Waals surface area contributed by atoms with Crippen molar-refractivity contribution in [2.24, 2.45) is 5.41 Å². The smallest absolute Gasteiger partial charge is 0.0700 e. The van der Waals surface area contributed by atoms with Crippen LogP contribution in [0.1, 0.15) is 33.6 Å². The van der Waals surface area contributed by atoms with Gasteiger partial charge in [0.2, 0.25) is 0 Å². The molecule has 15 heavy (non-hydrogen) atoms. The molecular weight excluding hydrogens is 190 g/mol. The lowest BCUT2D eigenvalue weighted by molar-refractivity contribution is 0.0649. The molecule has 0 aromatic rings. The molecule has 0 amide bonds. The van der Waals surface area contributed by atoms with E-state index in [2.05, 4.69) is 26.1 Å². The summed E-state index contributed by atoms with van der Waals surface area (Å²) in [6, 6.07) is 0. The monoisotopic (exact) mass is 217 g/mol. The molecule has 0 aromatic carbocycles. The number of rotatable bonds is 10. The lowest BCUT2D eigenvalue weighted by Gasteiger charge is -2.24. The number of hydrogen-bond donors (Lipinski definition) is 1. The lowest BCUT2D eigenvalue weighted by atomic mass is 9.88. The van der Waals surface area contributed by atoms with Gasteiger partial charge in [-0.3, -0.25) is 0 Å². The molecule has 0 aliphatic rings. The van der Waals surface area contributed by atoms with E-state index in [1.165, 1.54) is 6.42 Å². The van der Waals surface area contributed by atoms with Crippen LogP contribution in [0.15, 0.2) is 0 Å². The van der Waals surface area contributed by atoms with Crippen molar-refractivity contribution in [3.8, 4) is 0 Å². The number of hydrogen-bond acceptors (Lipinski definition) is 3. The van der Waals surface area contributed by atoms with E-state index in [1.54, 1.807) is 7.11 Å². The minimum absolute atomic E-state index is 0.376. The molecule has 0 fully saturated rings. The Labute approximate surface area is 94.5 Å². The average molecular weight is 217 g/mol. The highest BCUT2D eigenvalue weighted by molar-refractivity contribution is 4.70. The molecule has 0 rings (SSSR count). The first-order chi connectivity index (χ1) is 7.12. The predicted octanol–water partition coefficient (Wildman–Crippen LogP) is 2.07. The van der Waals surface area contributed by atoms with Crippen molar-refractivity contribution in [1.82, 2.24) is 5.32 Å². The van der Waals surface area contributed by atoms with Crippen LogP contribution in [0.5, 0.6) is 0 Å². The number of nitrogens with one attached hydrogen (secondary N) is 1. The van der Waals surface area contributed by atoms with Crippen LogP contribution in [0, 0.1) is 5.41 Å². The van der Waals surface area contributed by atoms with Gasteiger partial charge in [0.25, 0.3) is 0 Å². The maximum Gasteiger partial charge on any atom is 0.0700 e. The van der Waals surface area contributed by atoms with Crippen molar-refractivity contribution in [2.45, 2.75) is 33.6 Å². The molecule has 3 nitrogen and oxygen atoms in total. The van der Waals surface area contributed by atoms with Crippen LogP contribution in [0.25, 0.3) is 0 Å². The van der Waals surface area contributed by atoms with E-state index < -0.39 is 0 Å². The van der Waals surface area contributed by atoms with E-state index in [9.17, 15) is 0 Å². The highest BCUT2D eigenvalue weighted by Gasteiger charge is 2.16. The Bertz CT molecular complexity index is 138. The van der Waals surface area contributed by atoms with E-state index in [1.807, 2.05) is 0 Å². The van der Waals surface area contributed by atoms with Gasteiger partial charge in [-0.1, -0.05) is 20.8 Å². The van der Waals surface area contributed by atoms with Gasteiger partial charge in [-0.25, -0.2) is 0 Å². The summed E-state index contributed by atoms with van der Waals surface area (Å²) in [6.45, 7) is 11.1. The second-order valence-corrected chi connectivity index (χ2v) is 4.65. The summed E-state index contributed by atoms with van der Waals surface area (Å²) in [5.41, 5.74) is 0.376. The fraction of sp³-hybridized carbons (Fsp3) is 1.00. The van der Waals surface area contributed by atoms with Crippen LogP contribution < -0.4 is 5.32 Å². The van der Waals surface area contributed by atoms with Gasteiger partial charge in [-0.2, -0.15) is 0 Å². The maximum atomic E-state index is 5.43. The first-order valence-electron chi connectivity index (χ1n) is 5.90. The minimum atomic E-state index is 0.376. The van der Waals surface area contributed by atoms with Gasteiger partial charge in [0, 0.05) is 20.3 Å². The standard InChI is InChI=1S/C12H27NO2/c1-5-13-11-12(2,3)7-6-8-15-10-9-14-4/h13H,5-11H2,1-4H3. The number of methoxy groups -OCH3 is 1. The Morgan fingerprint density at radius 3 is 2.47 bits per heavy atom. The third-order valence-corrected chi connectivity index (χ3v) is 2.43. The molecule has 0 bridgehead atoms. The zero-order valence-corrected chi connectivity index (χ0v) is 10.8. The fourth-order valence-electron chi connectivity index (χ4n) is 1.45. The highest BCUT2D eigenvalue weighted by Crippen LogP contribution is 2.20.